The van der Waals surface area contributed by atoms with Crippen molar-refractivity contribution in [2.75, 3.05) is 7.11 Å². The highest BCUT2D eigenvalue weighted by molar-refractivity contribution is 5.89. The highest BCUT2D eigenvalue weighted by Crippen LogP contribution is 2.08. The van der Waals surface area contributed by atoms with Crippen LogP contribution in [0.3, 0.4) is 0 Å². The summed E-state index contributed by atoms with van der Waals surface area (Å²) in [5.74, 6) is 0.0434. The molecule has 0 saturated carbocycles. The number of ketones is 1. The lowest BCUT2D eigenvalue weighted by Gasteiger charge is -2.00. The SMILES string of the molecule is CCC=CCC=CC=CC(=O)CCCCCCCC(=O)OC. The van der Waals surface area contributed by atoms with E-state index >= 15 is 0 Å². The summed E-state index contributed by atoms with van der Waals surface area (Å²) in [6.45, 7) is 2.11. The maximum atomic E-state index is 11.6. The average molecular weight is 306 g/mol. The summed E-state index contributed by atoms with van der Waals surface area (Å²) in [5.41, 5.74) is 0. The summed E-state index contributed by atoms with van der Waals surface area (Å²) in [6, 6.07) is 0. The second-order valence-corrected chi connectivity index (χ2v) is 5.21. The standard InChI is InChI=1S/C19H30O3/c1-3-4-5-6-7-9-12-15-18(20)16-13-10-8-11-14-17-19(21)22-2/h4-5,7,9,12,15H,3,6,8,10-11,13-14,16-17H2,1-2H3. The van der Waals surface area contributed by atoms with E-state index in [0.29, 0.717) is 12.8 Å². The van der Waals surface area contributed by atoms with Gasteiger partial charge in [0.2, 0.25) is 0 Å². The van der Waals surface area contributed by atoms with E-state index in [1.54, 1.807) is 6.08 Å². The molecule has 0 aliphatic rings. The smallest absolute Gasteiger partial charge is 0.305 e. The van der Waals surface area contributed by atoms with Crippen molar-refractivity contribution in [2.45, 2.75) is 64.7 Å². The molecule has 0 unspecified atom stereocenters. The van der Waals surface area contributed by atoms with E-state index in [2.05, 4.69) is 23.8 Å². The Hall–Kier alpha value is -1.64. The number of carbonyl (C=O) groups is 2. The number of ether oxygens (including phenoxy) is 1. The fourth-order valence-corrected chi connectivity index (χ4v) is 1.95. The molecule has 0 aromatic carbocycles. The number of unbranched alkanes of at least 4 members (excludes halogenated alkanes) is 4. The Morgan fingerprint density at radius 2 is 1.55 bits per heavy atom. The molecule has 0 radical (unpaired) electrons. The van der Waals surface area contributed by atoms with E-state index in [-0.39, 0.29) is 11.8 Å². The largest absolute Gasteiger partial charge is 0.469 e. The van der Waals surface area contributed by atoms with Crippen LogP contribution in [0, 0.1) is 0 Å². The van der Waals surface area contributed by atoms with E-state index in [9.17, 15) is 9.59 Å². The summed E-state index contributed by atoms with van der Waals surface area (Å²) in [5, 5.41) is 0. The van der Waals surface area contributed by atoms with Gasteiger partial charge < -0.3 is 4.74 Å². The molecule has 124 valence electrons. The average Bonchev–Trinajstić information content (AvgIpc) is 2.52. The summed E-state index contributed by atoms with van der Waals surface area (Å²) in [6.07, 6.45) is 19.7. The highest BCUT2D eigenvalue weighted by atomic mass is 16.5. The van der Waals surface area contributed by atoms with Gasteiger partial charge in [0.25, 0.3) is 0 Å². The summed E-state index contributed by atoms with van der Waals surface area (Å²) in [4.78, 5) is 22.5. The van der Waals surface area contributed by atoms with Gasteiger partial charge in [0.15, 0.2) is 5.78 Å². The van der Waals surface area contributed by atoms with Crippen LogP contribution in [0.1, 0.15) is 64.7 Å². The fraction of sp³-hybridized carbons (Fsp3) is 0.579. The van der Waals surface area contributed by atoms with Crippen molar-refractivity contribution in [2.24, 2.45) is 0 Å². The Kier molecular flexibility index (Phi) is 14.6. The topological polar surface area (TPSA) is 43.4 Å². The van der Waals surface area contributed by atoms with Gasteiger partial charge in [-0.3, -0.25) is 9.59 Å². The zero-order chi connectivity index (χ0) is 16.5. The predicted molar refractivity (Wildman–Crippen MR) is 91.7 cm³/mol. The van der Waals surface area contributed by atoms with Crippen LogP contribution in [0.15, 0.2) is 36.5 Å². The molecule has 22 heavy (non-hydrogen) atoms. The van der Waals surface area contributed by atoms with Crippen molar-refractivity contribution < 1.29 is 14.3 Å². The lowest BCUT2D eigenvalue weighted by molar-refractivity contribution is -0.140. The molecule has 0 saturated heterocycles. The molecule has 0 fully saturated rings. The number of rotatable bonds is 13. The summed E-state index contributed by atoms with van der Waals surface area (Å²) < 4.78 is 4.58. The molecule has 0 amide bonds. The minimum atomic E-state index is -0.140. The molecule has 3 heteroatoms. The second kappa shape index (κ2) is 15.7. The van der Waals surface area contributed by atoms with Crippen LogP contribution in [-0.2, 0) is 14.3 Å². The Bertz CT molecular complexity index is 378. The molecular weight excluding hydrogens is 276 g/mol. The van der Waals surface area contributed by atoms with Gasteiger partial charge in [-0.1, -0.05) is 56.6 Å². The van der Waals surface area contributed by atoms with E-state index < -0.39 is 0 Å². The first kappa shape index (κ1) is 20.4. The number of esters is 1. The van der Waals surface area contributed by atoms with Gasteiger partial charge in [0.1, 0.15) is 0 Å². The predicted octanol–water partition coefficient (Wildman–Crippen LogP) is 4.93. The number of carbonyl (C=O) groups excluding carboxylic acids is 2. The van der Waals surface area contributed by atoms with Crippen molar-refractivity contribution >= 4 is 11.8 Å². The molecular formula is C19H30O3. The zero-order valence-electron chi connectivity index (χ0n) is 14.1. The maximum absolute atomic E-state index is 11.6. The van der Waals surface area contributed by atoms with E-state index in [0.717, 1.165) is 44.9 Å². The molecule has 0 N–H and O–H groups in total. The normalized spacial score (nSPS) is 11.7. The fourth-order valence-electron chi connectivity index (χ4n) is 1.95. The minimum Gasteiger partial charge on any atom is -0.469 e. The molecule has 0 aromatic heterocycles. The lowest BCUT2D eigenvalue weighted by atomic mass is 10.1. The van der Waals surface area contributed by atoms with Gasteiger partial charge in [-0.15, -0.1) is 0 Å². The first-order valence-corrected chi connectivity index (χ1v) is 8.28. The van der Waals surface area contributed by atoms with Crippen LogP contribution < -0.4 is 0 Å². The van der Waals surface area contributed by atoms with E-state index in [4.69, 9.17) is 0 Å². The molecule has 0 bridgehead atoms. The Morgan fingerprint density at radius 3 is 2.23 bits per heavy atom. The third-order valence-corrected chi connectivity index (χ3v) is 3.24. The molecule has 0 atom stereocenters. The maximum Gasteiger partial charge on any atom is 0.305 e. The van der Waals surface area contributed by atoms with Gasteiger partial charge in [-0.2, -0.15) is 0 Å². The van der Waals surface area contributed by atoms with Crippen LogP contribution in [-0.4, -0.2) is 18.9 Å². The minimum absolute atomic E-state index is 0.140. The number of allylic oxidation sites excluding steroid dienone is 6. The van der Waals surface area contributed by atoms with Gasteiger partial charge in [0, 0.05) is 12.8 Å². The van der Waals surface area contributed by atoms with Crippen LogP contribution in [0.25, 0.3) is 0 Å². The van der Waals surface area contributed by atoms with Crippen molar-refractivity contribution in [3.8, 4) is 0 Å². The first-order chi connectivity index (χ1) is 10.7. The third-order valence-electron chi connectivity index (χ3n) is 3.24. The number of hydrogen-bond acceptors (Lipinski definition) is 3. The molecule has 0 heterocycles. The third kappa shape index (κ3) is 14.8. The van der Waals surface area contributed by atoms with E-state index in [1.807, 2.05) is 18.2 Å². The van der Waals surface area contributed by atoms with Gasteiger partial charge in [-0.25, -0.2) is 0 Å². The van der Waals surface area contributed by atoms with Crippen LogP contribution >= 0.6 is 0 Å². The van der Waals surface area contributed by atoms with Gasteiger partial charge in [-0.05, 0) is 31.8 Å². The van der Waals surface area contributed by atoms with E-state index in [1.165, 1.54) is 7.11 Å². The molecule has 3 nitrogen and oxygen atoms in total. The van der Waals surface area contributed by atoms with Crippen LogP contribution in [0.4, 0.5) is 0 Å². The zero-order valence-corrected chi connectivity index (χ0v) is 14.1. The Morgan fingerprint density at radius 1 is 0.864 bits per heavy atom. The number of methoxy groups -OCH3 is 1. The van der Waals surface area contributed by atoms with Crippen molar-refractivity contribution in [1.29, 1.82) is 0 Å². The highest BCUT2D eigenvalue weighted by Gasteiger charge is 2.00. The van der Waals surface area contributed by atoms with Crippen molar-refractivity contribution in [3.05, 3.63) is 36.5 Å². The molecule has 0 spiro atoms. The Labute approximate surface area is 135 Å². The van der Waals surface area contributed by atoms with Gasteiger partial charge in [0.05, 0.1) is 7.11 Å². The van der Waals surface area contributed by atoms with Crippen LogP contribution in [0.2, 0.25) is 0 Å². The molecule has 0 aromatic rings. The summed E-state index contributed by atoms with van der Waals surface area (Å²) >= 11 is 0. The second-order valence-electron chi connectivity index (χ2n) is 5.21. The van der Waals surface area contributed by atoms with Crippen molar-refractivity contribution in [1.82, 2.24) is 0 Å². The molecule has 0 rings (SSSR count). The Balaban J connectivity index is 3.49. The monoisotopic (exact) mass is 306 g/mol. The molecule has 0 aliphatic heterocycles. The van der Waals surface area contributed by atoms with Crippen molar-refractivity contribution in [3.63, 3.8) is 0 Å². The van der Waals surface area contributed by atoms with Gasteiger partial charge >= 0.3 is 5.97 Å². The summed E-state index contributed by atoms with van der Waals surface area (Å²) in [7, 11) is 1.42. The van der Waals surface area contributed by atoms with Crippen LogP contribution in [0.5, 0.6) is 0 Å². The molecule has 0 aliphatic carbocycles. The lowest BCUT2D eigenvalue weighted by Crippen LogP contribution is -1.99. The number of hydrogen-bond donors (Lipinski definition) is 0. The first-order valence-electron chi connectivity index (χ1n) is 8.28. The quantitative estimate of drug-likeness (QED) is 0.159.